The first kappa shape index (κ1) is 103. The van der Waals surface area contributed by atoms with Crippen molar-refractivity contribution in [1.82, 2.24) is 44.5 Å². The number of carboxylic acid groups (broad SMARTS) is 5. The number of ether oxygens (including phenoxy) is 4. The average molecular weight is 1930 g/mol. The maximum Gasteiger partial charge on any atom is 0.411 e. The van der Waals surface area contributed by atoms with Crippen molar-refractivity contribution in [2.75, 3.05) is 6.61 Å². The minimum Gasteiger partial charge on any atom is -0.480 e. The number of halogens is 5. The van der Waals surface area contributed by atoms with Crippen molar-refractivity contribution >= 4 is 131 Å². The van der Waals surface area contributed by atoms with E-state index < -0.39 is 89.0 Å². The Morgan fingerprint density at radius 2 is 0.879 bits per heavy atom. The van der Waals surface area contributed by atoms with Crippen molar-refractivity contribution < 1.29 is 115 Å². The van der Waals surface area contributed by atoms with Gasteiger partial charge in [0, 0.05) is 166 Å². The molecule has 1 radical (unpaired) electrons. The molecule has 5 atom stereocenters. The first-order valence-electron chi connectivity index (χ1n) is 42.0. The summed E-state index contributed by atoms with van der Waals surface area (Å²) in [5, 5.41) is 66.5. The van der Waals surface area contributed by atoms with Gasteiger partial charge in [-0.25, -0.2) is 32.3 Å². The van der Waals surface area contributed by atoms with Crippen LogP contribution in [-0.2, 0) is 143 Å². The predicted octanol–water partition coefficient (Wildman–Crippen LogP) is 17.2. The van der Waals surface area contributed by atoms with Gasteiger partial charge in [0.05, 0.1) is 19.5 Å². The number of fused-ring (bicyclic) bond motifs is 13. The smallest absolute Gasteiger partial charge is 0.411 e. The number of alkyl halides is 1. The van der Waals surface area contributed by atoms with Crippen molar-refractivity contribution in [3.05, 3.63) is 285 Å². The summed E-state index contributed by atoms with van der Waals surface area (Å²) in [6.07, 6.45) is 3.99. The molecular formula is C98H106BrClF3N11O17V. The van der Waals surface area contributed by atoms with E-state index in [0.717, 1.165) is 127 Å². The molecule has 17 rings (SSSR count). The normalized spacial score (nSPS) is 15.4. The summed E-state index contributed by atoms with van der Waals surface area (Å²) in [5.74, 6) is -5.74. The van der Waals surface area contributed by atoms with E-state index >= 15 is 0 Å². The number of nitrogens with one attached hydrogen (secondary N) is 5. The van der Waals surface area contributed by atoms with Crippen molar-refractivity contribution in [1.29, 1.82) is 5.26 Å². The molecule has 0 saturated carbocycles. The largest absolute Gasteiger partial charge is 0.480 e. The van der Waals surface area contributed by atoms with Crippen molar-refractivity contribution in [3.8, 4) is 6.26 Å². The van der Waals surface area contributed by atoms with Gasteiger partial charge in [-0.3, -0.25) is 39.6 Å². The molecule has 13 aromatic rings. The van der Waals surface area contributed by atoms with E-state index in [2.05, 4.69) is 55.4 Å². The van der Waals surface area contributed by atoms with Gasteiger partial charge in [0.2, 0.25) is 0 Å². The number of esters is 1. The van der Waals surface area contributed by atoms with Gasteiger partial charge >= 0.3 is 48.0 Å². The molecule has 2 amide bonds. The molecule has 132 heavy (non-hydrogen) atoms. The fourth-order valence-electron chi connectivity index (χ4n) is 15.6. The molecule has 34 heteroatoms. The van der Waals surface area contributed by atoms with Gasteiger partial charge in [0.1, 0.15) is 71.1 Å². The molecule has 5 aromatic heterocycles. The van der Waals surface area contributed by atoms with Crippen LogP contribution in [0, 0.1) is 29.0 Å². The van der Waals surface area contributed by atoms with Crippen LogP contribution in [0.3, 0.4) is 0 Å². The number of nitriles is 1. The zero-order chi connectivity index (χ0) is 94.1. The van der Waals surface area contributed by atoms with E-state index in [-0.39, 0.29) is 93.3 Å². The average Bonchev–Trinajstić information content (AvgIpc) is 1.58. The zero-order valence-corrected chi connectivity index (χ0v) is 78.0. The minimum absolute atomic E-state index is 0. The van der Waals surface area contributed by atoms with Crippen molar-refractivity contribution in [3.63, 3.8) is 0 Å². The third kappa shape index (κ3) is 27.2. The number of nitrogens with zero attached hydrogens (tertiary/aromatic N) is 5. The third-order valence-corrected chi connectivity index (χ3v) is 22.2. The Morgan fingerprint density at radius 3 is 1.33 bits per heavy atom. The monoisotopic (exact) mass is 1930 g/mol. The number of para-hydroxylation sites is 5. The van der Waals surface area contributed by atoms with E-state index in [1.165, 1.54) is 52.5 Å². The Kier molecular flexibility index (Phi) is 35.7. The molecule has 0 fully saturated rings. The summed E-state index contributed by atoms with van der Waals surface area (Å²) in [4.78, 5) is 105. The summed E-state index contributed by atoms with van der Waals surface area (Å²) < 4.78 is 63.1. The first-order chi connectivity index (χ1) is 61.7. The Morgan fingerprint density at radius 1 is 0.485 bits per heavy atom. The van der Waals surface area contributed by atoms with E-state index in [0.29, 0.717) is 45.4 Å². The van der Waals surface area contributed by atoms with Gasteiger partial charge in [0.15, 0.2) is 0 Å². The van der Waals surface area contributed by atoms with Crippen LogP contribution in [-0.4, -0.2) is 161 Å². The number of rotatable bonds is 15. The SMILES string of the molecule is CC(C)(C)OC(=O)CCOC#N.CC(C)(C)OC(=O)N1Cc2[nH]c3ccccc3c2C[C@H]1C(=O)O.CC(C)(C)OC(=O)N1Cc2c(c3ccccc3n2Cc2ccc(F)cc2)C[C@H]1C(=O)O.Cl.Fc1ccc(CBr)cc1.N[C@@H](Cc1c[nH]c2ccccc12)C(=O)O.O=C(O)C1Cc2c(n(Cc3ccc(F)cc3)c3ccccc23)CN1.O=C(O)[C@@H]1Cc2c([nH]c3ccccc23)CN1.[V]. The van der Waals surface area contributed by atoms with Crippen molar-refractivity contribution in [2.24, 2.45) is 5.73 Å². The Labute approximate surface area is 786 Å². The van der Waals surface area contributed by atoms with Crippen LogP contribution in [0.25, 0.3) is 54.5 Å². The second-order valence-electron chi connectivity index (χ2n) is 34.4. The molecule has 28 nitrogen and oxygen atoms in total. The predicted molar refractivity (Wildman–Crippen MR) is 495 cm³/mol. The first-order valence-corrected chi connectivity index (χ1v) is 43.1. The molecule has 1 unspecified atom stereocenters. The molecular weight excluding hydrogens is 1830 g/mol. The van der Waals surface area contributed by atoms with Crippen LogP contribution < -0.4 is 16.4 Å². The van der Waals surface area contributed by atoms with Gasteiger partial charge in [-0.15, -0.1) is 12.4 Å². The van der Waals surface area contributed by atoms with Gasteiger partial charge in [-0.05, 0) is 174 Å². The van der Waals surface area contributed by atoms with Crippen LogP contribution in [0.4, 0.5) is 22.8 Å². The number of aliphatic carboxylic acids is 5. The second kappa shape index (κ2) is 45.8. The van der Waals surface area contributed by atoms with Gasteiger partial charge in [0.25, 0.3) is 6.26 Å². The fourth-order valence-corrected chi connectivity index (χ4v) is 16.0. The quantitative estimate of drug-likeness (QED) is 0.0149. The summed E-state index contributed by atoms with van der Waals surface area (Å²) in [6.45, 7) is 18.6. The standard InChI is InChI=1S/C24H25FN2O4.C19H17FN2O2.C17H20N2O4.C12H12N2O2.C11H12N2O2.C8H13NO3.C7H6BrF.ClH.V/c1-24(2,3)31-23(30)27-14-21-18(12-20(27)22(28)29)17-6-4-5-7-19(17)26(21)13-15-8-10-16(25)11-9-15;20-13-7-5-12(6-8-13)11-22-17-4-2-1-3-14(17)15-9-16(19(23)24)21-10-18(15)22;1-17(2,3)23-16(22)19-9-13-11(8-14(19)15(20)21)10-6-4-5-7-12(10)18-13;15-12(16)10-5-8-7-3-1-2-4-9(7)14-11(8)6-13-10;12-9(11(14)15)5-7-6-13-10-4-2-1-3-8(7)10;1-8(2,3)12-7(10)4-5-11-6-9;8-5-6-1-3-7(9)4-2-6;;/h4-11,20H,12-14H2,1-3H3,(H,28,29);1-8,16,21H,9-11H2,(H,23,24);4-7,14,18H,8-9H2,1-3H3,(H,20,21);1-4,10,13-14H,5-6H2,(H,15,16);1-4,6,9,13H,5,12H2,(H,14,15);4-5H2,1-3H3;1-4H,5H2;1H;/t20-;;14-;10-;9-;;;;/m0.000..../s1. The molecule has 0 saturated heterocycles. The minimum atomic E-state index is -1.06. The fraction of sp³-hybridized carbons (Fsp3) is 0.316. The van der Waals surface area contributed by atoms with E-state index in [1.807, 2.05) is 128 Å². The van der Waals surface area contributed by atoms with Crippen LogP contribution in [0.15, 0.2) is 200 Å². The second-order valence-corrected chi connectivity index (χ2v) is 35.0. The van der Waals surface area contributed by atoms with Crippen LogP contribution >= 0.6 is 28.3 Å². The van der Waals surface area contributed by atoms with E-state index in [1.54, 1.807) is 98.7 Å². The topological polar surface area (TPSA) is 412 Å². The number of H-pyrrole nitrogens is 3. The van der Waals surface area contributed by atoms with Crippen molar-refractivity contribution in [2.45, 2.75) is 192 Å². The molecule has 0 aliphatic carbocycles. The zero-order valence-electron chi connectivity index (χ0n) is 74.2. The number of carboxylic acids is 5. The number of hydrogen-bond donors (Lipinski definition) is 11. The molecule has 0 bridgehead atoms. The van der Waals surface area contributed by atoms with Crippen LogP contribution in [0.5, 0.6) is 0 Å². The number of aromatic amines is 3. The molecule has 0 spiro atoms. The molecule has 4 aliphatic heterocycles. The summed E-state index contributed by atoms with van der Waals surface area (Å²) >= 11 is 3.26. The number of amides is 2. The van der Waals surface area contributed by atoms with Crippen LogP contribution in [0.1, 0.15) is 136 Å². The number of nitrogens with two attached hydrogens (primary N) is 1. The number of carbonyl (C=O) groups is 8. The molecule has 4 aliphatic rings. The number of aromatic nitrogens is 5. The summed E-state index contributed by atoms with van der Waals surface area (Å²) in [7, 11) is 0. The summed E-state index contributed by atoms with van der Waals surface area (Å²) in [5.41, 5.74) is 20.7. The van der Waals surface area contributed by atoms with Gasteiger partial charge < -0.3 is 74.3 Å². The molecule has 695 valence electrons. The number of benzene rings is 8. The number of carbonyl (C=O) groups excluding carboxylic acids is 3. The third-order valence-electron chi connectivity index (χ3n) is 21.6. The maximum atomic E-state index is 13.4. The molecule has 8 aromatic carbocycles. The Balaban J connectivity index is 0.000000178. The Hall–Kier alpha value is -12.9. The van der Waals surface area contributed by atoms with E-state index in [4.69, 9.17) is 35.4 Å². The summed E-state index contributed by atoms with van der Waals surface area (Å²) in [6, 6.07) is 54.8. The van der Waals surface area contributed by atoms with Gasteiger partial charge in [-0.1, -0.05) is 143 Å². The maximum absolute atomic E-state index is 13.4. The van der Waals surface area contributed by atoms with Gasteiger partial charge in [-0.2, -0.15) is 5.26 Å². The number of hydrogen-bond acceptors (Lipinski definition) is 16. The molecule has 9 heterocycles. The Bertz CT molecular complexity index is 6270. The van der Waals surface area contributed by atoms with Crippen LogP contribution in [0.2, 0.25) is 0 Å². The molecule has 12 N–H and O–H groups in total. The van der Waals surface area contributed by atoms with E-state index in [9.17, 15) is 66.8 Å².